The van der Waals surface area contributed by atoms with Crippen LogP contribution in [0.4, 0.5) is 0 Å². The largest absolute Gasteiger partial charge is 0.496 e. The number of halogens is 1. The van der Waals surface area contributed by atoms with E-state index in [1.807, 2.05) is 13.8 Å². The number of benzene rings is 1. The Morgan fingerprint density at radius 3 is 2.75 bits per heavy atom. The second kappa shape index (κ2) is 7.50. The van der Waals surface area contributed by atoms with Crippen molar-refractivity contribution in [3.63, 3.8) is 0 Å². The third-order valence-corrected chi connectivity index (χ3v) is 3.38. The predicted molar refractivity (Wildman–Crippen MR) is 80.2 cm³/mol. The highest BCUT2D eigenvalue weighted by Crippen LogP contribution is 2.23. The molecule has 1 aromatic rings. The second-order valence-corrected chi connectivity index (χ2v) is 5.98. The molecule has 0 unspecified atom stereocenters. The molecule has 0 saturated heterocycles. The Kier molecular flexibility index (Phi) is 6.30. The molecule has 0 aliphatic heterocycles. The summed E-state index contributed by atoms with van der Waals surface area (Å²) in [4.78, 5) is 12.0. The first-order chi connectivity index (χ1) is 9.38. The topological polar surface area (TPSA) is 58.6 Å². The Bertz CT molecular complexity index is 460. The van der Waals surface area contributed by atoms with E-state index >= 15 is 0 Å². The fourth-order valence-electron chi connectivity index (χ4n) is 1.85. The second-order valence-electron chi connectivity index (χ2n) is 5.55. The summed E-state index contributed by atoms with van der Waals surface area (Å²) in [6, 6.07) is 5.21. The van der Waals surface area contributed by atoms with Gasteiger partial charge in [0.05, 0.1) is 13.5 Å². The van der Waals surface area contributed by atoms with Gasteiger partial charge in [0, 0.05) is 23.7 Å². The molecule has 112 valence electrons. The predicted octanol–water partition coefficient (Wildman–Crippen LogP) is 2.42. The Balaban J connectivity index is 2.61. The van der Waals surface area contributed by atoms with E-state index in [0.29, 0.717) is 23.7 Å². The van der Waals surface area contributed by atoms with E-state index in [9.17, 15) is 4.79 Å². The Hall–Kier alpha value is -1.26. The Labute approximate surface area is 125 Å². The lowest BCUT2D eigenvalue weighted by atomic mass is 9.89. The molecule has 1 aromatic carbocycles. The maximum absolute atomic E-state index is 12.0. The van der Waals surface area contributed by atoms with Gasteiger partial charge >= 0.3 is 0 Å². The van der Waals surface area contributed by atoms with E-state index in [-0.39, 0.29) is 24.3 Å². The zero-order chi connectivity index (χ0) is 15.2. The van der Waals surface area contributed by atoms with Crippen LogP contribution in [0.25, 0.3) is 0 Å². The molecule has 0 aliphatic carbocycles. The van der Waals surface area contributed by atoms with Crippen molar-refractivity contribution < 1.29 is 14.6 Å². The van der Waals surface area contributed by atoms with Crippen LogP contribution in [0, 0.1) is 5.41 Å². The molecule has 0 saturated carbocycles. The van der Waals surface area contributed by atoms with Crippen LogP contribution in [0.3, 0.4) is 0 Å². The van der Waals surface area contributed by atoms with E-state index in [2.05, 4.69) is 5.32 Å². The summed E-state index contributed by atoms with van der Waals surface area (Å²) < 4.78 is 5.21. The van der Waals surface area contributed by atoms with Crippen LogP contribution < -0.4 is 10.1 Å². The fraction of sp³-hybridized carbons (Fsp3) is 0.533. The van der Waals surface area contributed by atoms with Gasteiger partial charge in [-0.15, -0.1) is 0 Å². The normalized spacial score (nSPS) is 11.2. The van der Waals surface area contributed by atoms with Crippen LogP contribution in [0.1, 0.15) is 25.8 Å². The monoisotopic (exact) mass is 299 g/mol. The van der Waals surface area contributed by atoms with Crippen molar-refractivity contribution in [1.82, 2.24) is 5.32 Å². The molecule has 4 nitrogen and oxygen atoms in total. The van der Waals surface area contributed by atoms with Crippen LogP contribution in [0.2, 0.25) is 5.02 Å². The molecule has 0 radical (unpaired) electrons. The lowest BCUT2D eigenvalue weighted by Gasteiger charge is -2.23. The number of ether oxygens (including phenoxy) is 1. The zero-order valence-corrected chi connectivity index (χ0v) is 13.0. The highest BCUT2D eigenvalue weighted by Gasteiger charge is 2.18. The van der Waals surface area contributed by atoms with Crippen molar-refractivity contribution in [3.05, 3.63) is 28.8 Å². The van der Waals surface area contributed by atoms with Gasteiger partial charge in [0.25, 0.3) is 0 Å². The van der Waals surface area contributed by atoms with Crippen molar-refractivity contribution in [2.75, 3.05) is 20.3 Å². The number of hydrogen-bond donors (Lipinski definition) is 2. The van der Waals surface area contributed by atoms with E-state index in [1.165, 1.54) is 0 Å². The number of carbonyl (C=O) groups is 1. The SMILES string of the molecule is COc1ccc(Cl)cc1CC(=O)NCC(C)(C)CCO. The summed E-state index contributed by atoms with van der Waals surface area (Å²) in [5.41, 5.74) is 0.639. The van der Waals surface area contributed by atoms with Gasteiger partial charge in [-0.2, -0.15) is 0 Å². The minimum absolute atomic E-state index is 0.0865. The number of rotatable bonds is 7. The smallest absolute Gasteiger partial charge is 0.224 e. The van der Waals surface area contributed by atoms with Gasteiger partial charge in [0.15, 0.2) is 0 Å². The van der Waals surface area contributed by atoms with Gasteiger partial charge in [0.1, 0.15) is 5.75 Å². The van der Waals surface area contributed by atoms with Crippen molar-refractivity contribution in [2.45, 2.75) is 26.7 Å². The molecular formula is C15H22ClNO3. The summed E-state index contributed by atoms with van der Waals surface area (Å²) in [5, 5.41) is 12.4. The zero-order valence-electron chi connectivity index (χ0n) is 12.2. The number of amides is 1. The van der Waals surface area contributed by atoms with E-state index in [4.69, 9.17) is 21.4 Å². The maximum atomic E-state index is 12.0. The highest BCUT2D eigenvalue weighted by molar-refractivity contribution is 6.30. The Morgan fingerprint density at radius 2 is 2.15 bits per heavy atom. The third kappa shape index (κ3) is 5.39. The average molecular weight is 300 g/mol. The van der Waals surface area contributed by atoms with Crippen molar-refractivity contribution in [3.8, 4) is 5.75 Å². The van der Waals surface area contributed by atoms with Gasteiger partial charge in [-0.3, -0.25) is 4.79 Å². The summed E-state index contributed by atoms with van der Waals surface area (Å²) in [5.74, 6) is 0.566. The molecule has 0 aromatic heterocycles. The quantitative estimate of drug-likeness (QED) is 0.813. The van der Waals surface area contributed by atoms with Gasteiger partial charge < -0.3 is 15.2 Å². The number of carbonyl (C=O) groups excluding carboxylic acids is 1. The molecular weight excluding hydrogens is 278 g/mol. The fourth-order valence-corrected chi connectivity index (χ4v) is 2.04. The maximum Gasteiger partial charge on any atom is 0.224 e. The molecule has 0 spiro atoms. The van der Waals surface area contributed by atoms with E-state index in [0.717, 1.165) is 5.56 Å². The number of aliphatic hydroxyl groups excluding tert-OH is 1. The molecule has 1 amide bonds. The highest BCUT2D eigenvalue weighted by atomic mass is 35.5. The van der Waals surface area contributed by atoms with Gasteiger partial charge in [0.2, 0.25) is 5.91 Å². The first kappa shape index (κ1) is 16.8. The average Bonchev–Trinajstić information content (AvgIpc) is 2.37. The molecule has 1 rings (SSSR count). The molecule has 0 heterocycles. The number of nitrogens with one attached hydrogen (secondary N) is 1. The van der Waals surface area contributed by atoms with E-state index < -0.39 is 0 Å². The molecule has 5 heteroatoms. The molecule has 20 heavy (non-hydrogen) atoms. The summed E-state index contributed by atoms with van der Waals surface area (Å²) in [6.45, 7) is 4.65. The van der Waals surface area contributed by atoms with Gasteiger partial charge in [-0.25, -0.2) is 0 Å². The summed E-state index contributed by atoms with van der Waals surface area (Å²) >= 11 is 5.93. The standard InChI is InChI=1S/C15H22ClNO3/c1-15(2,6-7-18)10-17-14(19)9-11-8-12(16)4-5-13(11)20-3/h4-5,8,18H,6-7,9-10H2,1-3H3,(H,17,19). The van der Waals surface area contributed by atoms with Crippen LogP contribution in [0.15, 0.2) is 18.2 Å². The van der Waals surface area contributed by atoms with E-state index in [1.54, 1.807) is 25.3 Å². The van der Waals surface area contributed by atoms with Crippen LogP contribution in [-0.2, 0) is 11.2 Å². The van der Waals surface area contributed by atoms with Crippen LogP contribution in [-0.4, -0.2) is 31.3 Å². The summed E-state index contributed by atoms with van der Waals surface area (Å²) in [6.07, 6.45) is 0.868. The number of hydrogen-bond acceptors (Lipinski definition) is 3. The lowest BCUT2D eigenvalue weighted by molar-refractivity contribution is -0.120. The molecule has 2 N–H and O–H groups in total. The third-order valence-electron chi connectivity index (χ3n) is 3.15. The van der Waals surface area contributed by atoms with Crippen molar-refractivity contribution >= 4 is 17.5 Å². The molecule has 0 aliphatic rings. The minimum Gasteiger partial charge on any atom is -0.496 e. The van der Waals surface area contributed by atoms with Gasteiger partial charge in [-0.05, 0) is 30.0 Å². The first-order valence-electron chi connectivity index (χ1n) is 6.58. The molecule has 0 bridgehead atoms. The van der Waals surface area contributed by atoms with Crippen LogP contribution >= 0.6 is 11.6 Å². The minimum atomic E-state index is -0.122. The Morgan fingerprint density at radius 1 is 1.45 bits per heavy atom. The van der Waals surface area contributed by atoms with Crippen LogP contribution in [0.5, 0.6) is 5.75 Å². The molecule has 0 atom stereocenters. The van der Waals surface area contributed by atoms with Gasteiger partial charge in [-0.1, -0.05) is 25.4 Å². The number of methoxy groups -OCH3 is 1. The first-order valence-corrected chi connectivity index (χ1v) is 6.96. The van der Waals surface area contributed by atoms with Crippen molar-refractivity contribution in [1.29, 1.82) is 0 Å². The number of aliphatic hydroxyl groups is 1. The van der Waals surface area contributed by atoms with Crippen molar-refractivity contribution in [2.24, 2.45) is 5.41 Å². The lowest BCUT2D eigenvalue weighted by Crippen LogP contribution is -2.35. The summed E-state index contributed by atoms with van der Waals surface area (Å²) in [7, 11) is 1.56. The molecule has 0 fully saturated rings.